The van der Waals surface area contributed by atoms with Crippen molar-refractivity contribution in [2.45, 2.75) is 49.3 Å². The van der Waals surface area contributed by atoms with Crippen molar-refractivity contribution in [3.05, 3.63) is 65.8 Å². The normalized spacial score (nSPS) is 20.0. The Hall–Kier alpha value is -4.10. The lowest BCUT2D eigenvalue weighted by molar-refractivity contribution is -0.145. The molecular formula is C23H18F5N7O3S. The standard InChI is InChI=1S/C23H18F5N7O3S/c1-12-17(25)5-19(35(12)39(37,38)20-3-2-16(24)11-31-20)21(36)32-7-13-4-18(30-8-14(13)6-29)15-9-33-22(34-10-15)23(26,27)28/h2-4,8-12,17,19H,5,7H2,1H3,(H,32,36)/t12-,17+,19-/m0/s1. The number of nitriles is 1. The predicted octanol–water partition coefficient (Wildman–Crippen LogP) is 2.77. The minimum absolute atomic E-state index is 0.0232. The highest BCUT2D eigenvalue weighted by Crippen LogP contribution is 2.33. The molecule has 0 aliphatic carbocycles. The van der Waals surface area contributed by atoms with Gasteiger partial charge >= 0.3 is 6.18 Å². The molecular weight excluding hydrogens is 549 g/mol. The Balaban J connectivity index is 1.56. The van der Waals surface area contributed by atoms with Crippen LogP contribution in [0.4, 0.5) is 22.0 Å². The molecule has 0 radical (unpaired) electrons. The Labute approximate surface area is 218 Å². The number of amides is 1. The number of hydrogen-bond acceptors (Lipinski definition) is 8. The number of hydrogen-bond donors (Lipinski definition) is 1. The number of sulfonamides is 1. The summed E-state index contributed by atoms with van der Waals surface area (Å²) < 4.78 is 93.1. The lowest BCUT2D eigenvalue weighted by atomic mass is 10.1. The first-order chi connectivity index (χ1) is 18.3. The van der Waals surface area contributed by atoms with Gasteiger partial charge in [-0.1, -0.05) is 0 Å². The van der Waals surface area contributed by atoms with Gasteiger partial charge in [-0.15, -0.1) is 0 Å². The third kappa shape index (κ3) is 5.68. The van der Waals surface area contributed by atoms with Gasteiger partial charge in [0.15, 0.2) is 5.03 Å². The number of pyridine rings is 2. The zero-order valence-corrected chi connectivity index (χ0v) is 20.7. The molecule has 1 aliphatic rings. The quantitative estimate of drug-likeness (QED) is 0.448. The summed E-state index contributed by atoms with van der Waals surface area (Å²) in [7, 11) is -4.49. The number of halogens is 5. The molecule has 0 bridgehead atoms. The van der Waals surface area contributed by atoms with Crippen LogP contribution in [0.25, 0.3) is 11.3 Å². The number of aromatic nitrogens is 4. The van der Waals surface area contributed by atoms with E-state index in [1.165, 1.54) is 13.0 Å². The van der Waals surface area contributed by atoms with Crippen LogP contribution in [0.15, 0.2) is 48.0 Å². The fraction of sp³-hybridized carbons (Fsp3) is 0.304. The minimum atomic E-state index is -4.74. The van der Waals surface area contributed by atoms with Crippen molar-refractivity contribution in [1.82, 2.24) is 29.6 Å². The van der Waals surface area contributed by atoms with Crippen LogP contribution in [-0.2, 0) is 27.5 Å². The maximum atomic E-state index is 14.6. The first kappa shape index (κ1) is 27.9. The third-order valence-electron chi connectivity index (χ3n) is 5.99. The van der Waals surface area contributed by atoms with Gasteiger partial charge in [0.05, 0.1) is 23.5 Å². The second-order valence-corrected chi connectivity index (χ2v) is 10.3. The van der Waals surface area contributed by atoms with Gasteiger partial charge < -0.3 is 5.32 Å². The fourth-order valence-corrected chi connectivity index (χ4v) is 5.73. The number of carbonyl (C=O) groups excluding carboxylic acids is 1. The summed E-state index contributed by atoms with van der Waals surface area (Å²) in [5.74, 6) is -3.00. The van der Waals surface area contributed by atoms with E-state index < -0.39 is 63.5 Å². The van der Waals surface area contributed by atoms with Crippen LogP contribution in [-0.4, -0.2) is 56.8 Å². The molecule has 1 saturated heterocycles. The van der Waals surface area contributed by atoms with E-state index in [0.717, 1.165) is 30.7 Å². The number of nitrogens with zero attached hydrogens (tertiary/aromatic N) is 6. The number of carbonyl (C=O) groups is 1. The number of rotatable bonds is 6. The Bertz CT molecular complexity index is 1530. The number of nitrogens with one attached hydrogen (secondary N) is 1. The lowest BCUT2D eigenvalue weighted by Crippen LogP contribution is -2.48. The molecule has 0 unspecified atom stereocenters. The van der Waals surface area contributed by atoms with Crippen LogP contribution in [0.3, 0.4) is 0 Å². The summed E-state index contributed by atoms with van der Waals surface area (Å²) in [6.07, 6.45) is -3.25. The average molecular weight is 568 g/mol. The molecule has 0 aromatic carbocycles. The zero-order chi connectivity index (χ0) is 28.5. The van der Waals surface area contributed by atoms with Gasteiger partial charge in [0.1, 0.15) is 24.1 Å². The van der Waals surface area contributed by atoms with E-state index in [0.29, 0.717) is 10.5 Å². The van der Waals surface area contributed by atoms with Crippen molar-refractivity contribution in [2.75, 3.05) is 0 Å². The van der Waals surface area contributed by atoms with Crippen LogP contribution in [0, 0.1) is 17.1 Å². The lowest BCUT2D eigenvalue weighted by Gasteiger charge is -2.26. The van der Waals surface area contributed by atoms with Crippen molar-refractivity contribution in [3.63, 3.8) is 0 Å². The van der Waals surface area contributed by atoms with Crippen LogP contribution < -0.4 is 5.32 Å². The predicted molar refractivity (Wildman–Crippen MR) is 123 cm³/mol. The van der Waals surface area contributed by atoms with Gasteiger partial charge in [-0.05, 0) is 30.7 Å². The molecule has 0 spiro atoms. The van der Waals surface area contributed by atoms with E-state index in [2.05, 4.69) is 25.3 Å². The molecule has 3 aromatic heterocycles. The maximum absolute atomic E-state index is 14.6. The van der Waals surface area contributed by atoms with E-state index in [4.69, 9.17) is 0 Å². The first-order valence-electron chi connectivity index (χ1n) is 11.2. The van der Waals surface area contributed by atoms with E-state index >= 15 is 0 Å². The van der Waals surface area contributed by atoms with E-state index in [1.807, 2.05) is 6.07 Å². The molecule has 0 saturated carbocycles. The molecule has 1 amide bonds. The van der Waals surface area contributed by atoms with Crippen LogP contribution in [0.5, 0.6) is 0 Å². The summed E-state index contributed by atoms with van der Waals surface area (Å²) in [4.78, 5) is 27.1. The van der Waals surface area contributed by atoms with E-state index in [9.17, 15) is 40.4 Å². The molecule has 1 N–H and O–H groups in total. The zero-order valence-electron chi connectivity index (χ0n) is 19.9. The molecule has 3 atom stereocenters. The van der Waals surface area contributed by atoms with Gasteiger partial charge in [0.2, 0.25) is 11.7 Å². The third-order valence-corrected chi connectivity index (χ3v) is 7.90. The van der Waals surface area contributed by atoms with Gasteiger partial charge in [-0.3, -0.25) is 9.78 Å². The molecule has 10 nitrogen and oxygen atoms in total. The first-order valence-corrected chi connectivity index (χ1v) is 12.6. The van der Waals surface area contributed by atoms with Crippen molar-refractivity contribution in [1.29, 1.82) is 5.26 Å². The fourth-order valence-electron chi connectivity index (χ4n) is 4.00. The smallest absolute Gasteiger partial charge is 0.351 e. The SMILES string of the molecule is C[C@H]1[C@H](F)C[C@@H](C(=O)NCc2cc(-c3cnc(C(F)(F)F)nc3)ncc2C#N)N1S(=O)(=O)c1ccc(F)cn1. The summed E-state index contributed by atoms with van der Waals surface area (Å²) in [6, 6.07) is 2.28. The van der Waals surface area contributed by atoms with Crippen molar-refractivity contribution in [2.24, 2.45) is 0 Å². The summed E-state index contributed by atoms with van der Waals surface area (Å²) >= 11 is 0. The van der Waals surface area contributed by atoms with Crippen molar-refractivity contribution in [3.8, 4) is 17.3 Å². The Morgan fingerprint density at radius 2 is 1.85 bits per heavy atom. The van der Waals surface area contributed by atoms with E-state index in [-0.39, 0.29) is 28.9 Å². The van der Waals surface area contributed by atoms with Gasteiger partial charge in [0, 0.05) is 37.1 Å². The second-order valence-electron chi connectivity index (χ2n) is 8.51. The minimum Gasteiger partial charge on any atom is -0.351 e. The van der Waals surface area contributed by atoms with E-state index in [1.54, 1.807) is 0 Å². The summed E-state index contributed by atoms with van der Waals surface area (Å²) in [5.41, 5.74) is 0.439. The number of alkyl halides is 4. The van der Waals surface area contributed by atoms with Crippen molar-refractivity contribution < 1.29 is 35.2 Å². The summed E-state index contributed by atoms with van der Waals surface area (Å²) in [5, 5.41) is 11.3. The maximum Gasteiger partial charge on any atom is 0.451 e. The largest absolute Gasteiger partial charge is 0.451 e. The highest BCUT2D eigenvalue weighted by Gasteiger charge is 2.49. The second kappa shape index (κ2) is 10.6. The molecule has 1 aliphatic heterocycles. The molecule has 4 heterocycles. The topological polar surface area (TPSA) is 142 Å². The monoisotopic (exact) mass is 567 g/mol. The Morgan fingerprint density at radius 3 is 2.44 bits per heavy atom. The molecule has 204 valence electrons. The molecule has 4 rings (SSSR count). The molecule has 3 aromatic rings. The highest BCUT2D eigenvalue weighted by atomic mass is 32.2. The molecule has 1 fully saturated rings. The van der Waals surface area contributed by atoms with Gasteiger partial charge in [-0.2, -0.15) is 22.7 Å². The van der Waals surface area contributed by atoms with Crippen LogP contribution in [0.2, 0.25) is 0 Å². The Kier molecular flexibility index (Phi) is 7.57. The van der Waals surface area contributed by atoms with Gasteiger partial charge in [-0.25, -0.2) is 32.2 Å². The van der Waals surface area contributed by atoms with Gasteiger partial charge in [0.25, 0.3) is 10.0 Å². The van der Waals surface area contributed by atoms with Crippen molar-refractivity contribution >= 4 is 15.9 Å². The van der Waals surface area contributed by atoms with Crippen LogP contribution in [0.1, 0.15) is 30.3 Å². The average Bonchev–Trinajstić information content (AvgIpc) is 3.21. The van der Waals surface area contributed by atoms with Crippen LogP contribution >= 0.6 is 0 Å². The Morgan fingerprint density at radius 1 is 1.15 bits per heavy atom. The molecule has 39 heavy (non-hydrogen) atoms. The summed E-state index contributed by atoms with van der Waals surface area (Å²) in [6.45, 7) is 0.970. The molecule has 16 heteroatoms. The highest BCUT2D eigenvalue weighted by molar-refractivity contribution is 7.89.